The maximum atomic E-state index is 2.26. The van der Waals surface area contributed by atoms with Crippen molar-refractivity contribution in [2.24, 2.45) is 0 Å². The maximum Gasteiger partial charge on any atom is -0.0231 e. The third kappa shape index (κ3) is 1.34. The smallest absolute Gasteiger partial charge is 0.0231 e. The third-order valence-corrected chi connectivity index (χ3v) is 1.37. The highest BCUT2D eigenvalue weighted by Gasteiger charge is 2.01. The van der Waals surface area contributed by atoms with Gasteiger partial charge in [0.25, 0.3) is 0 Å². The number of allylic oxidation sites excluding steroid dienone is 2. The van der Waals surface area contributed by atoms with Crippen molar-refractivity contribution < 1.29 is 0 Å². The van der Waals surface area contributed by atoms with Crippen LogP contribution in [0.1, 0.15) is 26.2 Å². The molecule has 0 heterocycles. The summed E-state index contributed by atoms with van der Waals surface area (Å²) >= 11 is 0. The van der Waals surface area contributed by atoms with E-state index in [9.17, 15) is 0 Å². The van der Waals surface area contributed by atoms with Crippen molar-refractivity contribution in [3.05, 3.63) is 18.1 Å². The Morgan fingerprint density at radius 2 is 2.29 bits per heavy atom. The van der Waals surface area contributed by atoms with Crippen LogP contribution in [0, 0.1) is 5.92 Å². The fourth-order valence-electron chi connectivity index (χ4n) is 0.834. The van der Waals surface area contributed by atoms with E-state index in [-0.39, 0.29) is 0 Å². The topological polar surface area (TPSA) is 0 Å². The Kier molecular flexibility index (Phi) is 1.50. The van der Waals surface area contributed by atoms with Gasteiger partial charge in [0.1, 0.15) is 0 Å². The first kappa shape index (κ1) is 4.89. The lowest BCUT2D eigenvalue weighted by Gasteiger charge is -2.09. The van der Waals surface area contributed by atoms with Crippen LogP contribution in [0.3, 0.4) is 0 Å². The van der Waals surface area contributed by atoms with Crippen LogP contribution < -0.4 is 0 Å². The van der Waals surface area contributed by atoms with E-state index in [1.54, 1.807) is 5.92 Å². The van der Waals surface area contributed by atoms with Crippen molar-refractivity contribution in [2.45, 2.75) is 26.2 Å². The molecule has 0 amide bonds. The summed E-state index contributed by atoms with van der Waals surface area (Å²) in [6.07, 6.45) is 8.31. The first-order valence-corrected chi connectivity index (χ1v) is 2.86. The molecule has 0 aromatic rings. The SMILES string of the molecule is C[C]1CC=CCC1. The Balaban J connectivity index is 2.32. The van der Waals surface area contributed by atoms with E-state index in [1.807, 2.05) is 0 Å². The summed E-state index contributed by atoms with van der Waals surface area (Å²) in [6.45, 7) is 2.23. The van der Waals surface area contributed by atoms with Gasteiger partial charge in [-0.05, 0) is 25.2 Å². The van der Waals surface area contributed by atoms with Gasteiger partial charge in [-0.1, -0.05) is 19.1 Å². The number of rotatable bonds is 0. The van der Waals surface area contributed by atoms with Crippen molar-refractivity contribution >= 4 is 0 Å². The van der Waals surface area contributed by atoms with Crippen LogP contribution >= 0.6 is 0 Å². The molecule has 7 heavy (non-hydrogen) atoms. The summed E-state index contributed by atoms with van der Waals surface area (Å²) in [5, 5.41) is 0. The van der Waals surface area contributed by atoms with Gasteiger partial charge < -0.3 is 0 Å². The van der Waals surface area contributed by atoms with E-state index in [0.717, 1.165) is 0 Å². The Labute approximate surface area is 45.2 Å². The van der Waals surface area contributed by atoms with Crippen LogP contribution in [0.2, 0.25) is 0 Å². The molecule has 0 atom stereocenters. The molecule has 1 rings (SSSR count). The maximum absolute atomic E-state index is 2.26. The van der Waals surface area contributed by atoms with Crippen LogP contribution in [0.25, 0.3) is 0 Å². The second kappa shape index (κ2) is 2.15. The van der Waals surface area contributed by atoms with Gasteiger partial charge in [0, 0.05) is 0 Å². The van der Waals surface area contributed by atoms with Crippen LogP contribution in [0.4, 0.5) is 0 Å². The molecular weight excluding hydrogens is 84.1 g/mol. The first-order chi connectivity index (χ1) is 3.39. The van der Waals surface area contributed by atoms with Crippen LogP contribution in [-0.4, -0.2) is 0 Å². The van der Waals surface area contributed by atoms with Crippen LogP contribution in [0.15, 0.2) is 12.2 Å². The largest absolute Gasteiger partial charge is 0.0885 e. The van der Waals surface area contributed by atoms with Gasteiger partial charge in [-0.25, -0.2) is 0 Å². The Hall–Kier alpha value is -0.260. The zero-order chi connectivity index (χ0) is 5.11. The molecule has 0 saturated heterocycles. The average molecular weight is 95.2 g/mol. The molecule has 0 spiro atoms. The van der Waals surface area contributed by atoms with E-state index in [1.165, 1.54) is 19.3 Å². The molecule has 0 aliphatic heterocycles. The van der Waals surface area contributed by atoms with Crippen LogP contribution in [0.5, 0.6) is 0 Å². The predicted molar refractivity (Wildman–Crippen MR) is 31.9 cm³/mol. The fraction of sp³-hybridized carbons (Fsp3) is 0.571. The summed E-state index contributed by atoms with van der Waals surface area (Å²) in [5.41, 5.74) is 0. The molecule has 0 heteroatoms. The Morgan fingerprint density at radius 1 is 1.43 bits per heavy atom. The monoisotopic (exact) mass is 95.1 g/mol. The lowest BCUT2D eigenvalue weighted by atomic mass is 9.97. The third-order valence-electron chi connectivity index (χ3n) is 1.37. The summed E-state index contributed by atoms with van der Waals surface area (Å²) in [7, 11) is 0. The standard InChI is InChI=1S/C7H11/c1-7-5-3-2-4-6-7/h2-3H,4-6H2,1H3. The number of hydrogen-bond donors (Lipinski definition) is 0. The fourth-order valence-corrected chi connectivity index (χ4v) is 0.834. The highest BCUT2D eigenvalue weighted by atomic mass is 14.1. The van der Waals surface area contributed by atoms with Crippen molar-refractivity contribution in [1.82, 2.24) is 0 Å². The molecule has 39 valence electrons. The molecule has 1 aliphatic rings. The molecule has 0 saturated carbocycles. The van der Waals surface area contributed by atoms with Gasteiger partial charge in [0.05, 0.1) is 0 Å². The van der Waals surface area contributed by atoms with Gasteiger partial charge in [0.15, 0.2) is 0 Å². The minimum absolute atomic E-state index is 1.22. The molecule has 0 nitrogen and oxygen atoms in total. The minimum Gasteiger partial charge on any atom is -0.0885 e. The molecule has 1 radical (unpaired) electrons. The van der Waals surface area contributed by atoms with Gasteiger partial charge >= 0.3 is 0 Å². The Morgan fingerprint density at radius 3 is 2.57 bits per heavy atom. The minimum atomic E-state index is 1.22. The average Bonchev–Trinajstić information content (AvgIpc) is 1.69. The molecular formula is C7H11. The van der Waals surface area contributed by atoms with E-state index < -0.39 is 0 Å². The highest BCUT2D eigenvalue weighted by molar-refractivity contribution is 5.01. The summed E-state index contributed by atoms with van der Waals surface area (Å²) in [4.78, 5) is 0. The van der Waals surface area contributed by atoms with Crippen molar-refractivity contribution in [3.8, 4) is 0 Å². The second-order valence-corrected chi connectivity index (χ2v) is 2.17. The zero-order valence-corrected chi connectivity index (χ0v) is 4.78. The van der Waals surface area contributed by atoms with Gasteiger partial charge in [-0.2, -0.15) is 0 Å². The van der Waals surface area contributed by atoms with E-state index in [2.05, 4.69) is 19.1 Å². The molecule has 0 aromatic carbocycles. The van der Waals surface area contributed by atoms with Crippen molar-refractivity contribution in [1.29, 1.82) is 0 Å². The van der Waals surface area contributed by atoms with E-state index in [0.29, 0.717) is 0 Å². The first-order valence-electron chi connectivity index (χ1n) is 2.86. The van der Waals surface area contributed by atoms with E-state index in [4.69, 9.17) is 0 Å². The normalized spacial score (nSPS) is 23.0. The quantitative estimate of drug-likeness (QED) is 0.405. The van der Waals surface area contributed by atoms with Crippen molar-refractivity contribution in [2.75, 3.05) is 0 Å². The lowest BCUT2D eigenvalue weighted by Crippen LogP contribution is -1.92. The Bertz CT molecular complexity index is 72.1. The highest BCUT2D eigenvalue weighted by Crippen LogP contribution is 2.18. The second-order valence-electron chi connectivity index (χ2n) is 2.17. The summed E-state index contributed by atoms with van der Waals surface area (Å²) < 4.78 is 0. The summed E-state index contributed by atoms with van der Waals surface area (Å²) in [5.74, 6) is 1.63. The molecule has 0 bridgehead atoms. The van der Waals surface area contributed by atoms with Gasteiger partial charge in [-0.15, -0.1) is 0 Å². The van der Waals surface area contributed by atoms with Crippen LogP contribution in [-0.2, 0) is 0 Å². The van der Waals surface area contributed by atoms with Gasteiger partial charge in [0.2, 0.25) is 0 Å². The molecule has 0 fully saturated rings. The number of hydrogen-bond acceptors (Lipinski definition) is 0. The van der Waals surface area contributed by atoms with Gasteiger partial charge in [-0.3, -0.25) is 0 Å². The molecule has 0 N–H and O–H groups in total. The molecule has 1 aliphatic carbocycles. The van der Waals surface area contributed by atoms with Crippen molar-refractivity contribution in [3.63, 3.8) is 0 Å². The molecule has 0 aromatic heterocycles. The predicted octanol–water partition coefficient (Wildman–Crippen LogP) is 2.32. The lowest BCUT2D eigenvalue weighted by molar-refractivity contribution is 0.774. The van der Waals surface area contributed by atoms with E-state index >= 15 is 0 Å². The summed E-state index contributed by atoms with van der Waals surface area (Å²) in [6, 6.07) is 0. The zero-order valence-electron chi connectivity index (χ0n) is 4.78. The molecule has 0 unspecified atom stereocenters.